The maximum absolute atomic E-state index is 12.9. The lowest BCUT2D eigenvalue weighted by Gasteiger charge is -2.12. The zero-order valence-corrected chi connectivity index (χ0v) is 10.2. The number of nitrogens with zero attached hydrogens (tertiary/aromatic N) is 1. The van der Waals surface area contributed by atoms with Crippen molar-refractivity contribution in [3.63, 3.8) is 0 Å². The molecular weight excluding hydrogens is 233 g/mol. The van der Waals surface area contributed by atoms with E-state index in [1.165, 1.54) is 12.1 Å². The highest BCUT2D eigenvalue weighted by Crippen LogP contribution is 2.17. The molecule has 0 aliphatic heterocycles. The molecule has 18 heavy (non-hydrogen) atoms. The zero-order valence-electron chi connectivity index (χ0n) is 10.2. The topological polar surface area (TPSA) is 78.9 Å². The predicted octanol–water partition coefficient (Wildman–Crippen LogP) is 2.01. The Morgan fingerprint density at radius 2 is 2.33 bits per heavy atom. The molecule has 1 atom stereocenters. The summed E-state index contributed by atoms with van der Waals surface area (Å²) < 4.78 is 12.9. The molecule has 96 valence electrons. The van der Waals surface area contributed by atoms with Crippen LogP contribution < -0.4 is 11.1 Å². The third-order valence-corrected chi connectivity index (χ3v) is 2.65. The second kappa shape index (κ2) is 6.72. The minimum absolute atomic E-state index is 0.120. The molecule has 1 aromatic carbocycles. The quantitative estimate of drug-likeness (QED) is 0.837. The summed E-state index contributed by atoms with van der Waals surface area (Å²) in [6, 6.07) is 5.55. The maximum Gasteiger partial charge on any atom is 0.227 e. The number of benzene rings is 1. The number of nitrogens with one attached hydrogen (secondary N) is 1. The average molecular weight is 249 g/mol. The van der Waals surface area contributed by atoms with Crippen LogP contribution in [0.2, 0.25) is 0 Å². The van der Waals surface area contributed by atoms with Gasteiger partial charge in [-0.25, -0.2) is 4.39 Å². The van der Waals surface area contributed by atoms with Gasteiger partial charge in [0, 0.05) is 5.92 Å². The highest BCUT2D eigenvalue weighted by atomic mass is 19.1. The van der Waals surface area contributed by atoms with Crippen molar-refractivity contribution in [2.75, 3.05) is 11.9 Å². The normalized spacial score (nSPS) is 11.7. The van der Waals surface area contributed by atoms with E-state index in [4.69, 9.17) is 11.0 Å². The van der Waals surface area contributed by atoms with Crippen LogP contribution in [0.15, 0.2) is 18.2 Å². The molecule has 0 aliphatic carbocycles. The summed E-state index contributed by atoms with van der Waals surface area (Å²) in [5.41, 5.74) is 5.83. The Kier molecular flexibility index (Phi) is 5.28. The molecule has 4 nitrogen and oxygen atoms in total. The largest absolute Gasteiger partial charge is 0.330 e. The number of halogens is 1. The summed E-state index contributed by atoms with van der Waals surface area (Å²) in [6.45, 7) is 2.33. The Morgan fingerprint density at radius 3 is 2.94 bits per heavy atom. The number of nitriles is 1. The van der Waals surface area contributed by atoms with E-state index in [0.29, 0.717) is 18.7 Å². The third kappa shape index (κ3) is 3.82. The van der Waals surface area contributed by atoms with Gasteiger partial charge in [0.2, 0.25) is 5.91 Å². The average Bonchev–Trinajstić information content (AvgIpc) is 2.37. The highest BCUT2D eigenvalue weighted by Gasteiger charge is 2.14. The first-order valence-corrected chi connectivity index (χ1v) is 5.79. The van der Waals surface area contributed by atoms with Crippen LogP contribution in [0, 0.1) is 23.1 Å². The van der Waals surface area contributed by atoms with Crippen molar-refractivity contribution < 1.29 is 9.18 Å². The number of hydrogen-bond donors (Lipinski definition) is 2. The number of nitrogens with two attached hydrogens (primary N) is 1. The van der Waals surface area contributed by atoms with Gasteiger partial charge in [-0.1, -0.05) is 6.92 Å². The molecular formula is C13H16FN3O. The van der Waals surface area contributed by atoms with E-state index in [-0.39, 0.29) is 17.4 Å². The molecule has 1 rings (SSSR count). The second-order valence-electron chi connectivity index (χ2n) is 4.12. The van der Waals surface area contributed by atoms with Crippen LogP contribution in [-0.4, -0.2) is 12.5 Å². The van der Waals surface area contributed by atoms with Gasteiger partial charge < -0.3 is 11.1 Å². The van der Waals surface area contributed by atoms with E-state index in [1.807, 2.05) is 6.07 Å². The van der Waals surface area contributed by atoms with Crippen LogP contribution in [-0.2, 0) is 4.79 Å². The van der Waals surface area contributed by atoms with E-state index >= 15 is 0 Å². The lowest BCUT2D eigenvalue weighted by atomic mass is 10.0. The molecule has 1 aromatic rings. The van der Waals surface area contributed by atoms with Crippen molar-refractivity contribution in [3.8, 4) is 6.07 Å². The van der Waals surface area contributed by atoms with E-state index in [1.54, 1.807) is 6.92 Å². The monoisotopic (exact) mass is 249 g/mol. The summed E-state index contributed by atoms with van der Waals surface area (Å²) in [7, 11) is 0. The fourth-order valence-electron chi connectivity index (χ4n) is 1.53. The Labute approximate surface area is 106 Å². The molecule has 0 saturated carbocycles. The van der Waals surface area contributed by atoms with E-state index < -0.39 is 5.82 Å². The summed E-state index contributed by atoms with van der Waals surface area (Å²) in [4.78, 5) is 11.8. The Bertz CT molecular complexity index is 468. The van der Waals surface area contributed by atoms with Gasteiger partial charge in [-0.3, -0.25) is 4.79 Å². The molecule has 0 spiro atoms. The van der Waals surface area contributed by atoms with Gasteiger partial charge in [0.25, 0.3) is 0 Å². The van der Waals surface area contributed by atoms with Gasteiger partial charge in [-0.15, -0.1) is 0 Å². The first kappa shape index (κ1) is 14.1. The number of carbonyl (C=O) groups excluding carboxylic acids is 1. The van der Waals surface area contributed by atoms with E-state index in [0.717, 1.165) is 12.5 Å². The van der Waals surface area contributed by atoms with Crippen molar-refractivity contribution in [2.24, 2.45) is 11.7 Å². The molecule has 0 saturated heterocycles. The summed E-state index contributed by atoms with van der Waals surface area (Å²) in [6.07, 6.45) is 1.45. The number of amides is 1. The van der Waals surface area contributed by atoms with Crippen molar-refractivity contribution in [1.29, 1.82) is 5.26 Å². The Hall–Kier alpha value is -1.93. The number of anilines is 1. The van der Waals surface area contributed by atoms with Crippen LogP contribution in [0.4, 0.5) is 10.1 Å². The number of rotatable bonds is 5. The second-order valence-corrected chi connectivity index (χ2v) is 4.12. The molecule has 1 amide bonds. The molecule has 3 N–H and O–H groups in total. The van der Waals surface area contributed by atoms with Gasteiger partial charge in [0.15, 0.2) is 0 Å². The van der Waals surface area contributed by atoms with Crippen molar-refractivity contribution in [2.45, 2.75) is 19.8 Å². The Balaban J connectivity index is 2.73. The summed E-state index contributed by atoms with van der Waals surface area (Å²) in [5.74, 6) is -0.877. The third-order valence-electron chi connectivity index (χ3n) is 2.65. The molecule has 0 radical (unpaired) electrons. The van der Waals surface area contributed by atoms with E-state index in [9.17, 15) is 9.18 Å². The van der Waals surface area contributed by atoms with Crippen molar-refractivity contribution in [1.82, 2.24) is 0 Å². The minimum atomic E-state index is -0.499. The molecule has 1 unspecified atom stereocenters. The number of hydrogen-bond acceptors (Lipinski definition) is 3. The van der Waals surface area contributed by atoms with E-state index in [2.05, 4.69) is 5.32 Å². The zero-order chi connectivity index (χ0) is 13.5. The van der Waals surface area contributed by atoms with Gasteiger partial charge in [-0.2, -0.15) is 5.26 Å². The summed E-state index contributed by atoms with van der Waals surface area (Å²) in [5, 5.41) is 11.5. The lowest BCUT2D eigenvalue weighted by molar-refractivity contribution is -0.119. The SMILES string of the molecule is CC(CCCN)C(=O)Nc1ccc(F)cc1C#N. The van der Waals surface area contributed by atoms with Gasteiger partial charge in [0.05, 0.1) is 11.3 Å². The maximum atomic E-state index is 12.9. The molecule has 0 aromatic heterocycles. The van der Waals surface area contributed by atoms with Crippen molar-refractivity contribution in [3.05, 3.63) is 29.6 Å². The van der Waals surface area contributed by atoms with Crippen LogP contribution in [0.3, 0.4) is 0 Å². The van der Waals surface area contributed by atoms with Crippen LogP contribution in [0.1, 0.15) is 25.3 Å². The highest BCUT2D eigenvalue weighted by molar-refractivity contribution is 5.93. The molecule has 0 aliphatic rings. The van der Waals surface area contributed by atoms with Crippen LogP contribution in [0.25, 0.3) is 0 Å². The molecule has 5 heteroatoms. The van der Waals surface area contributed by atoms with Crippen LogP contribution in [0.5, 0.6) is 0 Å². The predicted molar refractivity (Wildman–Crippen MR) is 67.2 cm³/mol. The lowest BCUT2D eigenvalue weighted by Crippen LogP contribution is -2.21. The van der Waals surface area contributed by atoms with Gasteiger partial charge in [-0.05, 0) is 37.6 Å². The van der Waals surface area contributed by atoms with Gasteiger partial charge in [0.1, 0.15) is 11.9 Å². The fourth-order valence-corrected chi connectivity index (χ4v) is 1.53. The fraction of sp³-hybridized carbons (Fsp3) is 0.385. The minimum Gasteiger partial charge on any atom is -0.330 e. The molecule has 0 fully saturated rings. The first-order chi connectivity index (χ1) is 8.58. The number of carbonyl (C=O) groups is 1. The van der Waals surface area contributed by atoms with Crippen molar-refractivity contribution >= 4 is 11.6 Å². The molecule has 0 bridgehead atoms. The van der Waals surface area contributed by atoms with Crippen LogP contribution >= 0.6 is 0 Å². The first-order valence-electron chi connectivity index (χ1n) is 5.79. The smallest absolute Gasteiger partial charge is 0.227 e. The Morgan fingerprint density at radius 1 is 1.61 bits per heavy atom. The van der Waals surface area contributed by atoms with Gasteiger partial charge >= 0.3 is 0 Å². The summed E-state index contributed by atoms with van der Waals surface area (Å²) >= 11 is 0. The molecule has 0 heterocycles. The standard InChI is InChI=1S/C13H16FN3O/c1-9(3-2-6-15)13(18)17-12-5-4-11(14)7-10(12)8-16/h4-5,7,9H,2-3,6,15H2,1H3,(H,17,18).